The molecular weight excluding hydrogens is 262 g/mol. The number of carboxylic acids is 1. The molecule has 19 heavy (non-hydrogen) atoms. The Labute approximate surface area is 117 Å². The number of ether oxygens (including phenoxy) is 1. The number of carboxylic acid groups (broad SMARTS) is 1. The van der Waals surface area contributed by atoms with Crippen LogP contribution >= 0.6 is 11.3 Å². The predicted molar refractivity (Wildman–Crippen MR) is 74.9 cm³/mol. The van der Waals surface area contributed by atoms with Crippen molar-refractivity contribution in [2.75, 3.05) is 7.11 Å². The van der Waals surface area contributed by atoms with Gasteiger partial charge in [-0.15, -0.1) is 11.3 Å². The minimum absolute atomic E-state index is 0.119. The van der Waals surface area contributed by atoms with Gasteiger partial charge in [0.2, 0.25) is 0 Å². The molecule has 0 saturated heterocycles. The van der Waals surface area contributed by atoms with E-state index in [1.165, 1.54) is 17.8 Å². The fraction of sp³-hybridized carbons (Fsp3) is 0.714. The molecule has 1 fully saturated rings. The summed E-state index contributed by atoms with van der Waals surface area (Å²) >= 11 is 1.29. The fourth-order valence-electron chi connectivity index (χ4n) is 2.70. The number of hydrogen-bond acceptors (Lipinski definition) is 4. The Hall–Kier alpha value is -0.940. The molecule has 1 aromatic heterocycles. The first-order valence-corrected chi connectivity index (χ1v) is 7.61. The van der Waals surface area contributed by atoms with E-state index in [-0.39, 0.29) is 11.5 Å². The number of rotatable bonds is 4. The molecule has 0 bridgehead atoms. The first-order chi connectivity index (χ1) is 9.00. The fourth-order valence-corrected chi connectivity index (χ4v) is 3.98. The minimum Gasteiger partial charge on any atom is -0.477 e. The second-order valence-corrected chi connectivity index (χ2v) is 6.45. The Balaban J connectivity index is 2.44. The van der Waals surface area contributed by atoms with Crippen LogP contribution in [0.3, 0.4) is 0 Å². The van der Waals surface area contributed by atoms with E-state index < -0.39 is 5.97 Å². The summed E-state index contributed by atoms with van der Waals surface area (Å²) in [5.41, 5.74) is 0.328. The number of aromatic nitrogens is 1. The third-order valence-electron chi connectivity index (χ3n) is 3.84. The van der Waals surface area contributed by atoms with Crippen molar-refractivity contribution in [3.8, 4) is 0 Å². The summed E-state index contributed by atoms with van der Waals surface area (Å²) < 4.78 is 5.75. The van der Waals surface area contributed by atoms with Gasteiger partial charge in [-0.3, -0.25) is 0 Å². The van der Waals surface area contributed by atoms with E-state index in [1.54, 1.807) is 7.11 Å². The van der Waals surface area contributed by atoms with E-state index in [1.807, 2.05) is 13.8 Å². The summed E-state index contributed by atoms with van der Waals surface area (Å²) in [4.78, 5) is 16.3. The second kappa shape index (κ2) is 5.59. The molecule has 0 unspecified atom stereocenters. The van der Waals surface area contributed by atoms with E-state index in [9.17, 15) is 9.90 Å². The van der Waals surface area contributed by atoms with Crippen LogP contribution in [0.5, 0.6) is 0 Å². The molecule has 1 N–H and O–H groups in total. The van der Waals surface area contributed by atoms with Gasteiger partial charge in [-0.05, 0) is 18.8 Å². The van der Waals surface area contributed by atoms with E-state index in [2.05, 4.69) is 4.98 Å². The molecule has 0 atom stereocenters. The smallest absolute Gasteiger partial charge is 0.347 e. The van der Waals surface area contributed by atoms with Crippen LogP contribution in [-0.2, 0) is 10.3 Å². The van der Waals surface area contributed by atoms with Gasteiger partial charge in [-0.25, -0.2) is 9.78 Å². The number of hydrogen-bond donors (Lipinski definition) is 1. The van der Waals surface area contributed by atoms with E-state index in [0.717, 1.165) is 30.7 Å². The minimum atomic E-state index is -0.880. The Morgan fingerprint density at radius 1 is 1.37 bits per heavy atom. The Morgan fingerprint density at radius 2 is 2.00 bits per heavy atom. The third kappa shape index (κ3) is 2.67. The topological polar surface area (TPSA) is 59.4 Å². The highest BCUT2D eigenvalue weighted by Crippen LogP contribution is 2.43. The predicted octanol–water partition coefficient (Wildman–Crippen LogP) is 3.77. The number of carbonyl (C=O) groups is 1. The molecule has 1 heterocycles. The molecule has 1 aliphatic carbocycles. The summed E-state index contributed by atoms with van der Waals surface area (Å²) in [5.74, 6) is -0.761. The number of aromatic carboxylic acids is 1. The standard InChI is InChI=1S/C14H21NO3S/c1-9(2)10-11(12(16)17)19-13(15-10)14(18-3)7-5-4-6-8-14/h9H,4-8H2,1-3H3,(H,16,17). The molecule has 0 amide bonds. The van der Waals surface area contributed by atoms with Crippen LogP contribution in [0.2, 0.25) is 0 Å². The number of nitrogens with zero attached hydrogens (tertiary/aromatic N) is 1. The Bertz CT molecular complexity index is 461. The van der Waals surface area contributed by atoms with Crippen LogP contribution in [0.15, 0.2) is 0 Å². The van der Waals surface area contributed by atoms with Crippen molar-refractivity contribution in [2.45, 2.75) is 57.5 Å². The molecule has 106 valence electrons. The van der Waals surface area contributed by atoms with Crippen molar-refractivity contribution in [3.63, 3.8) is 0 Å². The number of thiazole rings is 1. The van der Waals surface area contributed by atoms with Crippen molar-refractivity contribution in [3.05, 3.63) is 15.6 Å². The highest BCUT2D eigenvalue weighted by Gasteiger charge is 2.38. The molecular formula is C14H21NO3S. The van der Waals surface area contributed by atoms with E-state index in [4.69, 9.17) is 4.74 Å². The molecule has 1 saturated carbocycles. The average molecular weight is 283 g/mol. The Kier molecular flexibility index (Phi) is 4.26. The highest BCUT2D eigenvalue weighted by atomic mass is 32.1. The quantitative estimate of drug-likeness (QED) is 0.913. The maximum Gasteiger partial charge on any atom is 0.347 e. The molecule has 0 aliphatic heterocycles. The number of methoxy groups -OCH3 is 1. The monoisotopic (exact) mass is 283 g/mol. The summed E-state index contributed by atoms with van der Waals surface area (Å²) in [5, 5.41) is 10.2. The summed E-state index contributed by atoms with van der Waals surface area (Å²) in [6.45, 7) is 3.96. The zero-order chi connectivity index (χ0) is 14.0. The third-order valence-corrected chi connectivity index (χ3v) is 5.08. The molecule has 5 heteroatoms. The van der Waals surface area contributed by atoms with Gasteiger partial charge < -0.3 is 9.84 Å². The van der Waals surface area contributed by atoms with E-state index >= 15 is 0 Å². The average Bonchev–Trinajstić information content (AvgIpc) is 2.85. The van der Waals surface area contributed by atoms with Crippen LogP contribution in [0.1, 0.15) is 72.2 Å². The Morgan fingerprint density at radius 3 is 2.42 bits per heavy atom. The summed E-state index contributed by atoms with van der Waals surface area (Å²) in [6, 6.07) is 0. The van der Waals surface area contributed by atoms with Crippen molar-refractivity contribution < 1.29 is 14.6 Å². The van der Waals surface area contributed by atoms with Gasteiger partial charge >= 0.3 is 5.97 Å². The summed E-state index contributed by atoms with van der Waals surface area (Å²) in [6.07, 6.45) is 5.33. The van der Waals surface area contributed by atoms with Crippen LogP contribution in [-0.4, -0.2) is 23.2 Å². The van der Waals surface area contributed by atoms with Gasteiger partial charge in [0.1, 0.15) is 15.5 Å². The van der Waals surface area contributed by atoms with E-state index in [0.29, 0.717) is 10.6 Å². The molecule has 1 aromatic rings. The molecule has 0 spiro atoms. The first kappa shape index (κ1) is 14.5. The zero-order valence-corrected chi connectivity index (χ0v) is 12.5. The van der Waals surface area contributed by atoms with Gasteiger partial charge in [0.05, 0.1) is 5.69 Å². The molecule has 0 radical (unpaired) electrons. The molecule has 4 nitrogen and oxygen atoms in total. The normalized spacial score (nSPS) is 18.7. The molecule has 2 rings (SSSR count). The lowest BCUT2D eigenvalue weighted by atomic mass is 9.85. The maximum absolute atomic E-state index is 11.3. The van der Waals surface area contributed by atoms with Gasteiger partial charge in [-0.1, -0.05) is 33.1 Å². The van der Waals surface area contributed by atoms with Crippen LogP contribution < -0.4 is 0 Å². The zero-order valence-electron chi connectivity index (χ0n) is 11.7. The molecule has 0 aromatic carbocycles. The molecule has 1 aliphatic rings. The first-order valence-electron chi connectivity index (χ1n) is 6.80. The van der Waals surface area contributed by atoms with Crippen molar-refractivity contribution in [2.24, 2.45) is 0 Å². The second-order valence-electron chi connectivity index (χ2n) is 5.45. The van der Waals surface area contributed by atoms with Crippen LogP contribution in [0, 0.1) is 0 Å². The van der Waals surface area contributed by atoms with Gasteiger partial charge in [0.25, 0.3) is 0 Å². The highest BCUT2D eigenvalue weighted by molar-refractivity contribution is 7.13. The van der Waals surface area contributed by atoms with Gasteiger partial charge in [0.15, 0.2) is 0 Å². The lowest BCUT2D eigenvalue weighted by Crippen LogP contribution is -2.31. The lowest BCUT2D eigenvalue weighted by Gasteiger charge is -2.34. The van der Waals surface area contributed by atoms with Crippen molar-refractivity contribution in [1.29, 1.82) is 0 Å². The van der Waals surface area contributed by atoms with Crippen LogP contribution in [0.25, 0.3) is 0 Å². The summed E-state index contributed by atoms with van der Waals surface area (Å²) in [7, 11) is 1.71. The van der Waals surface area contributed by atoms with Crippen molar-refractivity contribution >= 4 is 17.3 Å². The largest absolute Gasteiger partial charge is 0.477 e. The lowest BCUT2D eigenvalue weighted by molar-refractivity contribution is -0.0447. The van der Waals surface area contributed by atoms with Crippen molar-refractivity contribution in [1.82, 2.24) is 4.98 Å². The SMILES string of the molecule is COC1(c2nc(C(C)C)c(C(=O)O)s2)CCCCC1. The van der Waals surface area contributed by atoms with Gasteiger partial charge in [-0.2, -0.15) is 0 Å². The maximum atomic E-state index is 11.3. The van der Waals surface area contributed by atoms with Gasteiger partial charge in [0, 0.05) is 7.11 Å². The van der Waals surface area contributed by atoms with Crippen LogP contribution in [0.4, 0.5) is 0 Å².